The normalized spacial score (nSPS) is 14.3. The average Bonchev–Trinajstić information content (AvgIpc) is 3.20. The van der Waals surface area contributed by atoms with E-state index in [1.807, 2.05) is 0 Å². The van der Waals surface area contributed by atoms with E-state index in [0.717, 1.165) is 12.8 Å². The molecular formula is C12H15N3O3. The van der Waals surface area contributed by atoms with Crippen LogP contribution < -0.4 is 11.1 Å². The molecule has 1 aromatic rings. The predicted octanol–water partition coefficient (Wildman–Crippen LogP) is -0.0902. The van der Waals surface area contributed by atoms with Crippen LogP contribution in [0.3, 0.4) is 0 Å². The van der Waals surface area contributed by atoms with Gasteiger partial charge >= 0.3 is 0 Å². The number of hydrogen-bond donors (Lipinski definition) is 3. The van der Waals surface area contributed by atoms with Gasteiger partial charge in [0.2, 0.25) is 5.91 Å². The summed E-state index contributed by atoms with van der Waals surface area (Å²) in [5, 5.41) is 11.6. The van der Waals surface area contributed by atoms with E-state index in [4.69, 9.17) is 10.8 Å². The van der Waals surface area contributed by atoms with Crippen molar-refractivity contribution in [1.82, 2.24) is 10.3 Å². The van der Waals surface area contributed by atoms with E-state index in [1.54, 1.807) is 0 Å². The monoisotopic (exact) mass is 249 g/mol. The van der Waals surface area contributed by atoms with Crippen LogP contribution in [0.15, 0.2) is 6.07 Å². The van der Waals surface area contributed by atoms with Crippen LogP contribution >= 0.6 is 0 Å². The summed E-state index contributed by atoms with van der Waals surface area (Å²) < 4.78 is 0. The zero-order chi connectivity index (χ0) is 13.3. The van der Waals surface area contributed by atoms with Crippen molar-refractivity contribution in [2.24, 2.45) is 5.73 Å². The van der Waals surface area contributed by atoms with Crippen LogP contribution in [0.4, 0.5) is 0 Å². The Balaban J connectivity index is 2.63. The molecule has 1 aromatic heterocycles. The lowest BCUT2D eigenvalue weighted by molar-refractivity contribution is 0.0956. The number of pyridine rings is 1. The van der Waals surface area contributed by atoms with Gasteiger partial charge in [0.25, 0.3) is 5.91 Å². The van der Waals surface area contributed by atoms with E-state index in [1.165, 1.54) is 13.1 Å². The maximum Gasteiger partial charge on any atom is 0.269 e. The van der Waals surface area contributed by atoms with Crippen LogP contribution in [-0.4, -0.2) is 29.0 Å². The van der Waals surface area contributed by atoms with Crippen LogP contribution in [0, 0.1) is 0 Å². The van der Waals surface area contributed by atoms with Gasteiger partial charge in [0.15, 0.2) is 0 Å². The lowest BCUT2D eigenvalue weighted by Crippen LogP contribution is -2.25. The zero-order valence-corrected chi connectivity index (χ0v) is 10.1. The first-order chi connectivity index (χ1) is 8.58. The minimum Gasteiger partial charge on any atom is -0.390 e. The molecule has 6 nitrogen and oxygen atoms in total. The van der Waals surface area contributed by atoms with E-state index in [2.05, 4.69) is 10.3 Å². The highest BCUT2D eigenvalue weighted by Gasteiger charge is 2.33. The van der Waals surface area contributed by atoms with Gasteiger partial charge in [-0.1, -0.05) is 0 Å². The molecule has 1 aliphatic rings. The van der Waals surface area contributed by atoms with Crippen molar-refractivity contribution >= 4 is 11.8 Å². The first-order valence-corrected chi connectivity index (χ1v) is 5.75. The summed E-state index contributed by atoms with van der Waals surface area (Å²) >= 11 is 0. The number of carbonyl (C=O) groups is 2. The molecule has 0 unspecified atom stereocenters. The summed E-state index contributed by atoms with van der Waals surface area (Å²) in [5.74, 6) is -0.797. The second-order valence-corrected chi connectivity index (χ2v) is 4.30. The molecule has 0 aromatic carbocycles. The fourth-order valence-corrected chi connectivity index (χ4v) is 1.97. The smallest absolute Gasteiger partial charge is 0.269 e. The number of primary amides is 1. The van der Waals surface area contributed by atoms with Crippen LogP contribution in [0.5, 0.6) is 0 Å². The number of amides is 2. The van der Waals surface area contributed by atoms with E-state index in [0.29, 0.717) is 5.56 Å². The molecule has 0 radical (unpaired) electrons. The molecule has 0 aliphatic heterocycles. The SMILES string of the molecule is CNC(=O)c1nc(CO)cc(C(N)=O)c1C1CC1. The Kier molecular flexibility index (Phi) is 3.29. The van der Waals surface area contributed by atoms with Crippen LogP contribution in [0.2, 0.25) is 0 Å². The average molecular weight is 249 g/mol. The van der Waals surface area contributed by atoms with E-state index >= 15 is 0 Å². The molecule has 6 heteroatoms. The van der Waals surface area contributed by atoms with Gasteiger partial charge in [0.1, 0.15) is 5.69 Å². The molecule has 0 spiro atoms. The van der Waals surface area contributed by atoms with E-state index in [9.17, 15) is 9.59 Å². The topological polar surface area (TPSA) is 105 Å². The number of aromatic nitrogens is 1. The third-order valence-corrected chi connectivity index (χ3v) is 2.97. The predicted molar refractivity (Wildman–Crippen MR) is 64.0 cm³/mol. The number of nitrogens with zero attached hydrogens (tertiary/aromatic N) is 1. The summed E-state index contributed by atoms with van der Waals surface area (Å²) in [6.07, 6.45) is 1.84. The van der Waals surface area contributed by atoms with Gasteiger partial charge in [0.05, 0.1) is 12.3 Å². The van der Waals surface area contributed by atoms with Gasteiger partial charge in [-0.2, -0.15) is 0 Å². The van der Waals surface area contributed by atoms with Crippen LogP contribution in [-0.2, 0) is 6.61 Å². The van der Waals surface area contributed by atoms with Gasteiger partial charge in [-0.15, -0.1) is 0 Å². The van der Waals surface area contributed by atoms with E-state index in [-0.39, 0.29) is 35.4 Å². The van der Waals surface area contributed by atoms with Crippen LogP contribution in [0.25, 0.3) is 0 Å². The number of aliphatic hydroxyl groups is 1. The molecule has 1 heterocycles. The zero-order valence-electron chi connectivity index (χ0n) is 10.1. The van der Waals surface area contributed by atoms with Gasteiger partial charge in [-0.25, -0.2) is 4.98 Å². The molecule has 18 heavy (non-hydrogen) atoms. The molecule has 0 bridgehead atoms. The number of hydrogen-bond acceptors (Lipinski definition) is 4. The first kappa shape index (κ1) is 12.5. The Bertz CT molecular complexity index is 510. The number of nitrogens with one attached hydrogen (secondary N) is 1. The molecule has 2 amide bonds. The third kappa shape index (κ3) is 2.19. The largest absolute Gasteiger partial charge is 0.390 e. The first-order valence-electron chi connectivity index (χ1n) is 5.75. The lowest BCUT2D eigenvalue weighted by atomic mass is 9.99. The maximum atomic E-state index is 11.8. The van der Waals surface area contributed by atoms with Crippen molar-refractivity contribution in [2.75, 3.05) is 7.05 Å². The van der Waals surface area contributed by atoms with Crippen molar-refractivity contribution in [1.29, 1.82) is 0 Å². The molecule has 2 rings (SSSR count). The maximum absolute atomic E-state index is 11.8. The highest BCUT2D eigenvalue weighted by Crippen LogP contribution is 2.43. The number of carbonyl (C=O) groups excluding carboxylic acids is 2. The second kappa shape index (κ2) is 4.73. The minimum atomic E-state index is -0.598. The lowest BCUT2D eigenvalue weighted by Gasteiger charge is -2.12. The van der Waals surface area contributed by atoms with E-state index < -0.39 is 5.91 Å². The quantitative estimate of drug-likeness (QED) is 0.693. The third-order valence-electron chi connectivity index (χ3n) is 2.97. The van der Waals surface area contributed by atoms with Gasteiger partial charge in [0, 0.05) is 12.6 Å². The Morgan fingerprint density at radius 3 is 2.67 bits per heavy atom. The fourth-order valence-electron chi connectivity index (χ4n) is 1.97. The molecule has 4 N–H and O–H groups in total. The summed E-state index contributed by atoms with van der Waals surface area (Å²) in [6.45, 7) is -0.338. The van der Waals surface area contributed by atoms with Crippen molar-refractivity contribution in [3.8, 4) is 0 Å². The minimum absolute atomic E-state index is 0.167. The Morgan fingerprint density at radius 2 is 2.22 bits per heavy atom. The highest BCUT2D eigenvalue weighted by molar-refractivity contribution is 6.00. The number of rotatable bonds is 4. The highest BCUT2D eigenvalue weighted by atomic mass is 16.3. The Hall–Kier alpha value is -1.95. The molecule has 1 aliphatic carbocycles. The molecule has 1 fully saturated rings. The van der Waals surface area contributed by atoms with Crippen molar-refractivity contribution < 1.29 is 14.7 Å². The van der Waals surface area contributed by atoms with Gasteiger partial charge < -0.3 is 16.2 Å². The Labute approximate surface area is 104 Å². The van der Waals surface area contributed by atoms with Crippen molar-refractivity contribution in [3.63, 3.8) is 0 Å². The standard InChI is InChI=1S/C12H15N3O3/c1-14-12(18)10-9(6-2-3-6)8(11(13)17)4-7(5-16)15-10/h4,6,16H,2-3,5H2,1H3,(H2,13,17)(H,14,18). The fraction of sp³-hybridized carbons (Fsp3) is 0.417. The van der Waals surface area contributed by atoms with Crippen molar-refractivity contribution in [2.45, 2.75) is 25.4 Å². The van der Waals surface area contributed by atoms with Crippen molar-refractivity contribution in [3.05, 3.63) is 28.6 Å². The summed E-state index contributed by atoms with van der Waals surface area (Å²) in [5.41, 5.74) is 6.70. The molecular weight excluding hydrogens is 234 g/mol. The van der Waals surface area contributed by atoms with Gasteiger partial charge in [-0.3, -0.25) is 9.59 Å². The van der Waals surface area contributed by atoms with Gasteiger partial charge in [-0.05, 0) is 30.4 Å². The number of aliphatic hydroxyl groups excluding tert-OH is 1. The van der Waals surface area contributed by atoms with Crippen LogP contribution in [0.1, 0.15) is 50.9 Å². The Morgan fingerprint density at radius 1 is 1.56 bits per heavy atom. The molecule has 0 saturated heterocycles. The summed E-state index contributed by atoms with van der Waals surface area (Å²) in [7, 11) is 1.50. The number of nitrogens with two attached hydrogens (primary N) is 1. The molecule has 96 valence electrons. The molecule has 1 saturated carbocycles. The summed E-state index contributed by atoms with van der Waals surface area (Å²) in [6, 6.07) is 1.46. The second-order valence-electron chi connectivity index (χ2n) is 4.30. The molecule has 0 atom stereocenters. The summed E-state index contributed by atoms with van der Waals surface area (Å²) in [4.78, 5) is 27.4.